The molecule has 0 aliphatic carbocycles. The van der Waals surface area contributed by atoms with Gasteiger partial charge in [-0.3, -0.25) is 4.79 Å². The van der Waals surface area contributed by atoms with Crippen LogP contribution in [0.5, 0.6) is 0 Å². The van der Waals surface area contributed by atoms with E-state index in [1.54, 1.807) is 6.20 Å². The quantitative estimate of drug-likeness (QED) is 0.638. The van der Waals surface area contributed by atoms with E-state index in [0.717, 1.165) is 51.7 Å². The van der Waals surface area contributed by atoms with E-state index >= 15 is 0 Å². The van der Waals surface area contributed by atoms with Crippen LogP contribution in [0.25, 0.3) is 17.0 Å². The molecule has 0 aliphatic rings. The second kappa shape index (κ2) is 8.04. The van der Waals surface area contributed by atoms with Crippen LogP contribution in [0.1, 0.15) is 11.1 Å². The molecule has 0 aliphatic heterocycles. The molecule has 144 valence electrons. The zero-order chi connectivity index (χ0) is 20.3. The zero-order valence-corrected chi connectivity index (χ0v) is 15.0. The molecule has 1 aromatic heterocycles. The third-order valence-electron chi connectivity index (χ3n) is 4.55. The fraction of sp³-hybridized carbons (Fsp3) is 0.143. The Hall–Kier alpha value is -3.48. The number of aromatic nitrogens is 1. The number of likely N-dealkylation sites (N-methyl/N-ethyl adjacent to an activating group) is 1. The third-order valence-corrected chi connectivity index (χ3v) is 4.55. The topological polar surface area (TPSA) is 73.4 Å². The van der Waals surface area contributed by atoms with Gasteiger partial charge in [0.15, 0.2) is 0 Å². The Balaban J connectivity index is 1.79. The average molecular weight is 384 g/mol. The number of halogens is 2. The van der Waals surface area contributed by atoms with Crippen molar-refractivity contribution in [2.24, 2.45) is 0 Å². The first kappa shape index (κ1) is 19.3. The van der Waals surface area contributed by atoms with Crippen molar-refractivity contribution >= 4 is 28.9 Å². The number of aromatic amines is 1. The number of carbonyl (C=O) groups excluding carboxylic acids is 1. The molecule has 2 aromatic carbocycles. The molecular formula is C21H18F2N2O3. The van der Waals surface area contributed by atoms with Crippen LogP contribution >= 0.6 is 0 Å². The Morgan fingerprint density at radius 3 is 2.71 bits per heavy atom. The standard InChI is InChI=1S/C21H18F2N2O3/c1-25(20(26)9-6-13-10-15(22)7-8-17(13)23)19(21(27)28)11-14-12-24-18-5-3-2-4-16(14)18/h2-10,12,19,24H,11H2,1H3,(H,27,28)/t19-/m0/s1. The van der Waals surface area contributed by atoms with E-state index < -0.39 is 29.6 Å². The molecule has 0 bridgehead atoms. The summed E-state index contributed by atoms with van der Waals surface area (Å²) >= 11 is 0. The average Bonchev–Trinajstić information content (AvgIpc) is 3.08. The zero-order valence-electron chi connectivity index (χ0n) is 15.0. The van der Waals surface area contributed by atoms with Gasteiger partial charge in [0, 0.05) is 42.2 Å². The number of carbonyl (C=O) groups is 2. The summed E-state index contributed by atoms with van der Waals surface area (Å²) in [6, 6.07) is 9.23. The summed E-state index contributed by atoms with van der Waals surface area (Å²) in [7, 11) is 1.36. The number of H-pyrrole nitrogens is 1. The van der Waals surface area contributed by atoms with Gasteiger partial charge in [0.05, 0.1) is 0 Å². The van der Waals surface area contributed by atoms with Crippen molar-refractivity contribution in [2.75, 3.05) is 7.05 Å². The minimum Gasteiger partial charge on any atom is -0.480 e. The van der Waals surface area contributed by atoms with Crippen LogP contribution in [0.4, 0.5) is 8.78 Å². The lowest BCUT2D eigenvalue weighted by atomic mass is 10.0. The van der Waals surface area contributed by atoms with Crippen molar-refractivity contribution in [3.63, 3.8) is 0 Å². The lowest BCUT2D eigenvalue weighted by molar-refractivity contribution is -0.147. The van der Waals surface area contributed by atoms with Crippen LogP contribution in [0.15, 0.2) is 54.7 Å². The van der Waals surface area contributed by atoms with Gasteiger partial charge in [0.2, 0.25) is 5.91 Å². The highest BCUT2D eigenvalue weighted by Crippen LogP contribution is 2.21. The van der Waals surface area contributed by atoms with Gasteiger partial charge >= 0.3 is 5.97 Å². The third kappa shape index (κ3) is 4.09. The van der Waals surface area contributed by atoms with Crippen molar-refractivity contribution in [1.29, 1.82) is 0 Å². The highest BCUT2D eigenvalue weighted by molar-refractivity contribution is 5.94. The first-order valence-electron chi connectivity index (χ1n) is 8.54. The molecule has 1 atom stereocenters. The maximum absolute atomic E-state index is 13.7. The number of benzene rings is 2. The summed E-state index contributed by atoms with van der Waals surface area (Å²) in [6.07, 6.45) is 3.98. The van der Waals surface area contributed by atoms with Gasteiger partial charge in [-0.1, -0.05) is 18.2 Å². The minimum atomic E-state index is -1.16. The van der Waals surface area contributed by atoms with E-state index in [1.165, 1.54) is 7.05 Å². The summed E-state index contributed by atoms with van der Waals surface area (Å²) in [4.78, 5) is 28.3. The summed E-state index contributed by atoms with van der Waals surface area (Å²) in [5.74, 6) is -3.10. The Kier molecular flexibility index (Phi) is 5.54. The number of fused-ring (bicyclic) bond motifs is 1. The Morgan fingerprint density at radius 1 is 1.21 bits per heavy atom. The molecule has 2 N–H and O–H groups in total. The van der Waals surface area contributed by atoms with Gasteiger partial charge in [-0.05, 0) is 35.9 Å². The number of para-hydroxylation sites is 1. The van der Waals surface area contributed by atoms with Crippen LogP contribution in [-0.2, 0) is 16.0 Å². The number of aliphatic carboxylic acids is 1. The smallest absolute Gasteiger partial charge is 0.326 e. The molecule has 28 heavy (non-hydrogen) atoms. The number of rotatable bonds is 6. The molecule has 0 spiro atoms. The molecule has 1 heterocycles. The molecule has 0 unspecified atom stereocenters. The number of nitrogens with one attached hydrogen (secondary N) is 1. The van der Waals surface area contributed by atoms with Crippen molar-refractivity contribution in [2.45, 2.75) is 12.5 Å². The lowest BCUT2D eigenvalue weighted by Crippen LogP contribution is -2.43. The maximum atomic E-state index is 13.7. The summed E-state index contributed by atoms with van der Waals surface area (Å²) in [5, 5.41) is 10.5. The number of amides is 1. The van der Waals surface area contributed by atoms with Crippen LogP contribution in [0.3, 0.4) is 0 Å². The van der Waals surface area contributed by atoms with Gasteiger partial charge in [-0.25, -0.2) is 13.6 Å². The van der Waals surface area contributed by atoms with Crippen LogP contribution in [0.2, 0.25) is 0 Å². The van der Waals surface area contributed by atoms with E-state index in [0.29, 0.717) is 0 Å². The SMILES string of the molecule is CN(C(=O)C=Cc1cc(F)ccc1F)[C@@H](Cc1c[nH]c2ccccc12)C(=O)O. The van der Waals surface area contributed by atoms with Crippen LogP contribution < -0.4 is 0 Å². The van der Waals surface area contributed by atoms with Gasteiger partial charge in [0.1, 0.15) is 17.7 Å². The molecular weight excluding hydrogens is 366 g/mol. The molecule has 0 saturated heterocycles. The summed E-state index contributed by atoms with van der Waals surface area (Å²) in [5.41, 5.74) is 1.55. The van der Waals surface area contributed by atoms with Gasteiger partial charge in [-0.15, -0.1) is 0 Å². The summed E-state index contributed by atoms with van der Waals surface area (Å²) < 4.78 is 26.9. The minimum absolute atomic E-state index is 0.0924. The van der Waals surface area contributed by atoms with Gasteiger partial charge in [-0.2, -0.15) is 0 Å². The van der Waals surface area contributed by atoms with Gasteiger partial charge < -0.3 is 15.0 Å². The largest absolute Gasteiger partial charge is 0.480 e. The number of hydrogen-bond donors (Lipinski definition) is 2. The number of carboxylic acid groups (broad SMARTS) is 1. The van der Waals surface area contributed by atoms with Crippen LogP contribution in [0, 0.1) is 11.6 Å². The van der Waals surface area contributed by atoms with Crippen molar-refractivity contribution < 1.29 is 23.5 Å². The fourth-order valence-corrected chi connectivity index (χ4v) is 2.97. The van der Waals surface area contributed by atoms with E-state index in [2.05, 4.69) is 4.98 Å². The van der Waals surface area contributed by atoms with E-state index in [4.69, 9.17) is 0 Å². The predicted molar refractivity (Wildman–Crippen MR) is 102 cm³/mol. The first-order valence-corrected chi connectivity index (χ1v) is 8.54. The normalized spacial score (nSPS) is 12.4. The second-order valence-electron chi connectivity index (χ2n) is 6.37. The number of nitrogens with zero attached hydrogens (tertiary/aromatic N) is 1. The monoisotopic (exact) mass is 384 g/mol. The van der Waals surface area contributed by atoms with Crippen molar-refractivity contribution in [3.05, 3.63) is 77.5 Å². The molecule has 3 aromatic rings. The molecule has 7 heteroatoms. The number of carboxylic acids is 1. The Labute approximate surface area is 159 Å². The fourth-order valence-electron chi connectivity index (χ4n) is 2.97. The highest BCUT2D eigenvalue weighted by Gasteiger charge is 2.26. The Morgan fingerprint density at radius 2 is 1.96 bits per heavy atom. The van der Waals surface area contributed by atoms with E-state index in [1.807, 2.05) is 24.3 Å². The van der Waals surface area contributed by atoms with E-state index in [-0.39, 0.29) is 12.0 Å². The van der Waals surface area contributed by atoms with Crippen molar-refractivity contribution in [1.82, 2.24) is 9.88 Å². The second-order valence-corrected chi connectivity index (χ2v) is 6.37. The number of hydrogen-bond acceptors (Lipinski definition) is 2. The highest BCUT2D eigenvalue weighted by atomic mass is 19.1. The predicted octanol–water partition coefficient (Wildman–Crippen LogP) is 3.61. The molecule has 5 nitrogen and oxygen atoms in total. The van der Waals surface area contributed by atoms with E-state index in [9.17, 15) is 23.5 Å². The maximum Gasteiger partial charge on any atom is 0.326 e. The molecule has 0 fully saturated rings. The lowest BCUT2D eigenvalue weighted by Gasteiger charge is -2.23. The molecule has 0 saturated carbocycles. The molecule has 3 rings (SSSR count). The van der Waals surface area contributed by atoms with Gasteiger partial charge in [0.25, 0.3) is 0 Å². The van der Waals surface area contributed by atoms with Crippen molar-refractivity contribution in [3.8, 4) is 0 Å². The molecule has 1 amide bonds. The molecule has 0 radical (unpaired) electrons. The van der Waals surface area contributed by atoms with Crippen LogP contribution in [-0.4, -0.2) is 40.0 Å². The summed E-state index contributed by atoms with van der Waals surface area (Å²) in [6.45, 7) is 0. The first-order chi connectivity index (χ1) is 13.4. The Bertz CT molecular complexity index is 1060.